The van der Waals surface area contributed by atoms with E-state index in [1.54, 1.807) is 17.0 Å². The lowest BCUT2D eigenvalue weighted by molar-refractivity contribution is -0.126. The fourth-order valence-corrected chi connectivity index (χ4v) is 3.34. The quantitative estimate of drug-likeness (QED) is 0.856. The van der Waals surface area contributed by atoms with Crippen molar-refractivity contribution in [3.8, 4) is 0 Å². The Balaban J connectivity index is 1.94. The van der Waals surface area contributed by atoms with Gasteiger partial charge in [0.2, 0.25) is 11.8 Å². The zero-order chi connectivity index (χ0) is 17.9. The monoisotopic (exact) mass is 351 g/mol. The first-order chi connectivity index (χ1) is 11.2. The van der Waals surface area contributed by atoms with E-state index in [1.165, 1.54) is 0 Å². The molecule has 1 atom stereocenters. The normalized spacial score (nSPS) is 18.3. The molecule has 0 saturated carbocycles. The number of hydrogen-bond acceptors (Lipinski definition) is 3. The molecule has 1 heterocycles. The van der Waals surface area contributed by atoms with Gasteiger partial charge in [-0.1, -0.05) is 31.5 Å². The van der Waals surface area contributed by atoms with Crippen LogP contribution in [-0.2, 0) is 9.59 Å². The molecule has 0 aromatic heterocycles. The molecule has 5 nitrogen and oxygen atoms in total. The summed E-state index contributed by atoms with van der Waals surface area (Å²) in [6.07, 6.45) is 0.243. The zero-order valence-corrected chi connectivity index (χ0v) is 15.6. The Hall–Kier alpha value is -1.59. The lowest BCUT2D eigenvalue weighted by Gasteiger charge is -2.29. The molecule has 132 valence electrons. The van der Waals surface area contributed by atoms with Crippen molar-refractivity contribution >= 4 is 29.1 Å². The van der Waals surface area contributed by atoms with Gasteiger partial charge in [-0.15, -0.1) is 0 Å². The van der Waals surface area contributed by atoms with Gasteiger partial charge in [-0.25, -0.2) is 0 Å². The summed E-state index contributed by atoms with van der Waals surface area (Å²) in [7, 11) is 4.03. The number of carbonyl (C=O) groups excluding carboxylic acids is 2. The summed E-state index contributed by atoms with van der Waals surface area (Å²) >= 11 is 5.99. The van der Waals surface area contributed by atoms with Crippen molar-refractivity contribution in [3.63, 3.8) is 0 Å². The average Bonchev–Trinajstić information content (AvgIpc) is 2.85. The maximum atomic E-state index is 12.4. The minimum absolute atomic E-state index is 0.0194. The van der Waals surface area contributed by atoms with E-state index in [0.717, 1.165) is 12.2 Å². The van der Waals surface area contributed by atoms with Gasteiger partial charge >= 0.3 is 0 Å². The highest BCUT2D eigenvalue weighted by Crippen LogP contribution is 2.27. The Morgan fingerprint density at radius 1 is 1.42 bits per heavy atom. The van der Waals surface area contributed by atoms with Crippen LogP contribution < -0.4 is 10.2 Å². The van der Waals surface area contributed by atoms with Crippen LogP contribution >= 0.6 is 11.6 Å². The highest BCUT2D eigenvalue weighted by atomic mass is 35.5. The van der Waals surface area contributed by atoms with E-state index >= 15 is 0 Å². The molecule has 0 aliphatic carbocycles. The highest BCUT2D eigenvalue weighted by Gasteiger charge is 2.35. The number of nitrogens with one attached hydrogen (secondary N) is 1. The van der Waals surface area contributed by atoms with Crippen molar-refractivity contribution in [1.82, 2.24) is 10.2 Å². The smallest absolute Gasteiger partial charge is 0.227 e. The predicted octanol–water partition coefficient (Wildman–Crippen LogP) is 2.40. The van der Waals surface area contributed by atoms with E-state index in [4.69, 9.17) is 11.6 Å². The standard InChI is InChI=1S/C18H26ClN3O2/c1-18(2,12-21(3)4)11-20-17(24)13-8-16(23)22(10-13)15-7-5-6-14(19)9-15/h5-7,9,13H,8,10-12H2,1-4H3,(H,20,24). The fraction of sp³-hybridized carbons (Fsp3) is 0.556. The largest absolute Gasteiger partial charge is 0.355 e. The molecule has 1 aliphatic heterocycles. The topological polar surface area (TPSA) is 52.7 Å². The van der Waals surface area contributed by atoms with Gasteiger partial charge in [0.15, 0.2) is 0 Å². The number of benzene rings is 1. The molecule has 6 heteroatoms. The molecule has 1 aliphatic rings. The summed E-state index contributed by atoms with van der Waals surface area (Å²) in [5, 5.41) is 3.59. The van der Waals surface area contributed by atoms with Crippen molar-refractivity contribution in [3.05, 3.63) is 29.3 Å². The second kappa shape index (κ2) is 7.53. The molecule has 1 aromatic carbocycles. The summed E-state index contributed by atoms with van der Waals surface area (Å²) in [6.45, 7) is 6.10. The van der Waals surface area contributed by atoms with Crippen LogP contribution in [0.15, 0.2) is 24.3 Å². The maximum Gasteiger partial charge on any atom is 0.227 e. The van der Waals surface area contributed by atoms with Gasteiger partial charge in [0.1, 0.15) is 0 Å². The summed E-state index contributed by atoms with van der Waals surface area (Å²) < 4.78 is 0. The van der Waals surface area contributed by atoms with Crippen LogP contribution in [-0.4, -0.2) is 50.4 Å². The van der Waals surface area contributed by atoms with E-state index < -0.39 is 0 Å². The summed E-state index contributed by atoms with van der Waals surface area (Å²) in [4.78, 5) is 28.4. The minimum atomic E-state index is -0.313. The minimum Gasteiger partial charge on any atom is -0.355 e. The molecule has 1 fully saturated rings. The Morgan fingerprint density at radius 2 is 2.12 bits per heavy atom. The molecule has 1 unspecified atom stereocenters. The van der Waals surface area contributed by atoms with Crippen LogP contribution in [0, 0.1) is 11.3 Å². The number of rotatable bonds is 6. The van der Waals surface area contributed by atoms with E-state index in [0.29, 0.717) is 18.1 Å². The van der Waals surface area contributed by atoms with Crippen LogP contribution in [0.1, 0.15) is 20.3 Å². The number of carbonyl (C=O) groups is 2. The lowest BCUT2D eigenvalue weighted by atomic mass is 9.92. The highest BCUT2D eigenvalue weighted by molar-refractivity contribution is 6.30. The van der Waals surface area contributed by atoms with Crippen molar-refractivity contribution in [2.45, 2.75) is 20.3 Å². The van der Waals surface area contributed by atoms with Crippen LogP contribution in [0.2, 0.25) is 5.02 Å². The second-order valence-corrected chi connectivity index (χ2v) is 7.94. The van der Waals surface area contributed by atoms with Crippen molar-refractivity contribution in [1.29, 1.82) is 0 Å². The molecule has 2 amide bonds. The summed E-state index contributed by atoms with van der Waals surface area (Å²) in [6, 6.07) is 7.16. The van der Waals surface area contributed by atoms with Crippen LogP contribution in [0.3, 0.4) is 0 Å². The maximum absolute atomic E-state index is 12.4. The van der Waals surface area contributed by atoms with Crippen LogP contribution in [0.5, 0.6) is 0 Å². The molecular weight excluding hydrogens is 326 g/mol. The first-order valence-corrected chi connectivity index (χ1v) is 8.54. The Kier molecular flexibility index (Phi) is 5.88. The molecule has 0 bridgehead atoms. The van der Waals surface area contributed by atoms with Crippen LogP contribution in [0.4, 0.5) is 5.69 Å². The van der Waals surface area contributed by atoms with Crippen molar-refractivity contribution in [2.75, 3.05) is 38.6 Å². The summed E-state index contributed by atoms with van der Waals surface area (Å²) in [5.74, 6) is -0.406. The van der Waals surface area contributed by atoms with Gasteiger partial charge in [0.05, 0.1) is 5.92 Å². The average molecular weight is 352 g/mol. The van der Waals surface area contributed by atoms with E-state index in [9.17, 15) is 9.59 Å². The molecule has 1 saturated heterocycles. The molecule has 0 radical (unpaired) electrons. The van der Waals surface area contributed by atoms with E-state index in [2.05, 4.69) is 24.1 Å². The van der Waals surface area contributed by atoms with E-state index in [-0.39, 0.29) is 29.6 Å². The van der Waals surface area contributed by atoms with Crippen LogP contribution in [0.25, 0.3) is 0 Å². The molecule has 0 spiro atoms. The van der Waals surface area contributed by atoms with Crippen molar-refractivity contribution < 1.29 is 9.59 Å². The number of anilines is 1. The number of hydrogen-bond donors (Lipinski definition) is 1. The number of amides is 2. The van der Waals surface area contributed by atoms with Gasteiger partial charge in [0.25, 0.3) is 0 Å². The molecule has 1 aromatic rings. The second-order valence-electron chi connectivity index (χ2n) is 7.51. The third-order valence-corrected chi connectivity index (χ3v) is 4.34. The van der Waals surface area contributed by atoms with Gasteiger partial charge in [-0.05, 0) is 37.7 Å². The predicted molar refractivity (Wildman–Crippen MR) is 97.3 cm³/mol. The molecule has 24 heavy (non-hydrogen) atoms. The number of nitrogens with zero attached hydrogens (tertiary/aromatic N) is 2. The Bertz CT molecular complexity index is 616. The van der Waals surface area contributed by atoms with Gasteiger partial charge < -0.3 is 15.1 Å². The zero-order valence-electron chi connectivity index (χ0n) is 14.8. The Labute approximate surface area is 149 Å². The molecule has 1 N–H and O–H groups in total. The first-order valence-electron chi connectivity index (χ1n) is 8.16. The first kappa shape index (κ1) is 18.7. The SMILES string of the molecule is CN(C)CC(C)(C)CNC(=O)C1CC(=O)N(c2cccc(Cl)c2)C1. The molecular formula is C18H26ClN3O2. The van der Waals surface area contributed by atoms with Gasteiger partial charge in [-0.3, -0.25) is 9.59 Å². The Morgan fingerprint density at radius 3 is 2.75 bits per heavy atom. The van der Waals surface area contributed by atoms with Gasteiger partial charge in [-0.2, -0.15) is 0 Å². The third-order valence-electron chi connectivity index (χ3n) is 4.10. The number of halogens is 1. The van der Waals surface area contributed by atoms with E-state index in [1.807, 2.05) is 26.2 Å². The van der Waals surface area contributed by atoms with Gasteiger partial charge in [0, 0.05) is 36.8 Å². The lowest BCUT2D eigenvalue weighted by Crippen LogP contribution is -2.42. The third kappa shape index (κ3) is 4.95. The van der Waals surface area contributed by atoms with Crippen molar-refractivity contribution in [2.24, 2.45) is 11.3 Å². The molecule has 2 rings (SSSR count). The summed E-state index contributed by atoms with van der Waals surface area (Å²) in [5.41, 5.74) is 0.727. The fourth-order valence-electron chi connectivity index (χ4n) is 3.16.